The van der Waals surface area contributed by atoms with Crippen LogP contribution < -0.4 is 0 Å². The highest BCUT2D eigenvalue weighted by Crippen LogP contribution is 2.40. The summed E-state index contributed by atoms with van der Waals surface area (Å²) in [5, 5.41) is 0. The molecule has 0 aromatic heterocycles. The number of ether oxygens (including phenoxy) is 1. The SMILES string of the molecule is CCCOC1CCC([C@H]2CC[Si@H](CCC)CC2)CC1. The van der Waals surface area contributed by atoms with Crippen molar-refractivity contribution in [2.24, 2.45) is 11.8 Å². The highest BCUT2D eigenvalue weighted by atomic mass is 28.3. The van der Waals surface area contributed by atoms with Crippen LogP contribution in [0.3, 0.4) is 0 Å². The summed E-state index contributed by atoms with van der Waals surface area (Å²) in [6.45, 7) is 5.56. The van der Waals surface area contributed by atoms with Crippen LogP contribution in [0.1, 0.15) is 65.2 Å². The molecule has 1 aliphatic heterocycles. The summed E-state index contributed by atoms with van der Waals surface area (Å²) in [6.07, 6.45) is 12.0. The molecule has 0 N–H and O–H groups in total. The topological polar surface area (TPSA) is 9.23 Å². The molecule has 0 radical (unpaired) electrons. The molecule has 2 aliphatic rings. The van der Waals surface area contributed by atoms with Gasteiger partial charge in [-0.3, -0.25) is 0 Å². The molecule has 19 heavy (non-hydrogen) atoms. The standard InChI is InChI=1S/C17H34OSi/c1-3-11-18-17-7-5-15(6-8-17)16-9-13-19(12-4-2)14-10-16/h15-17,19H,3-14H2,1-2H3/t15?,16-,17?,19-. The summed E-state index contributed by atoms with van der Waals surface area (Å²) in [5.41, 5.74) is 0. The molecule has 0 aromatic carbocycles. The van der Waals surface area contributed by atoms with Gasteiger partial charge >= 0.3 is 0 Å². The molecule has 2 fully saturated rings. The smallest absolute Gasteiger partial charge is 0.0575 e. The number of hydrogen-bond donors (Lipinski definition) is 0. The predicted molar refractivity (Wildman–Crippen MR) is 86.6 cm³/mol. The summed E-state index contributed by atoms with van der Waals surface area (Å²) < 4.78 is 5.92. The van der Waals surface area contributed by atoms with Crippen LogP contribution in [0.4, 0.5) is 0 Å². The van der Waals surface area contributed by atoms with Gasteiger partial charge in [0.25, 0.3) is 0 Å². The molecule has 2 rings (SSSR count). The fourth-order valence-corrected chi connectivity index (χ4v) is 7.85. The molecule has 1 aliphatic carbocycles. The normalized spacial score (nSPS) is 36.3. The second kappa shape index (κ2) is 8.46. The Morgan fingerprint density at radius 3 is 2.05 bits per heavy atom. The Hall–Kier alpha value is 0.177. The average Bonchev–Trinajstić information content (AvgIpc) is 2.47. The summed E-state index contributed by atoms with van der Waals surface area (Å²) >= 11 is 0. The number of rotatable bonds is 6. The predicted octanol–water partition coefficient (Wildman–Crippen LogP) is 5.02. The summed E-state index contributed by atoms with van der Waals surface area (Å²) in [4.78, 5) is 0. The van der Waals surface area contributed by atoms with E-state index in [0.29, 0.717) is 6.10 Å². The van der Waals surface area contributed by atoms with Crippen LogP contribution in [0.15, 0.2) is 0 Å². The lowest BCUT2D eigenvalue weighted by Crippen LogP contribution is -2.30. The minimum absolute atomic E-state index is 0.272. The van der Waals surface area contributed by atoms with Crippen LogP contribution in [-0.2, 0) is 4.74 Å². The van der Waals surface area contributed by atoms with Crippen molar-refractivity contribution in [3.8, 4) is 0 Å². The first-order chi connectivity index (χ1) is 9.33. The van der Waals surface area contributed by atoms with Crippen LogP contribution in [-0.4, -0.2) is 21.5 Å². The third-order valence-corrected chi connectivity index (χ3v) is 9.23. The van der Waals surface area contributed by atoms with E-state index >= 15 is 0 Å². The molecule has 1 saturated carbocycles. The maximum atomic E-state index is 5.92. The minimum atomic E-state index is -0.272. The second-order valence-electron chi connectivity index (χ2n) is 6.98. The van der Waals surface area contributed by atoms with Gasteiger partial charge in [-0.2, -0.15) is 0 Å². The first-order valence-electron chi connectivity index (χ1n) is 8.95. The van der Waals surface area contributed by atoms with Crippen molar-refractivity contribution in [2.75, 3.05) is 6.61 Å². The molecule has 0 atom stereocenters. The molecule has 1 heterocycles. The minimum Gasteiger partial charge on any atom is -0.378 e. The molecule has 0 bridgehead atoms. The highest BCUT2D eigenvalue weighted by Gasteiger charge is 2.31. The van der Waals surface area contributed by atoms with Gasteiger partial charge < -0.3 is 4.74 Å². The van der Waals surface area contributed by atoms with E-state index in [1.807, 2.05) is 0 Å². The van der Waals surface area contributed by atoms with Gasteiger partial charge in [0, 0.05) is 15.4 Å². The van der Waals surface area contributed by atoms with Crippen LogP contribution in [0.5, 0.6) is 0 Å². The Morgan fingerprint density at radius 1 is 0.842 bits per heavy atom. The largest absolute Gasteiger partial charge is 0.378 e. The third-order valence-electron chi connectivity index (χ3n) is 5.53. The van der Waals surface area contributed by atoms with Gasteiger partial charge in [-0.05, 0) is 43.9 Å². The zero-order valence-corrected chi connectivity index (χ0v) is 14.4. The molecule has 0 amide bonds. The lowest BCUT2D eigenvalue weighted by Gasteiger charge is -2.37. The van der Waals surface area contributed by atoms with E-state index in [1.54, 1.807) is 31.0 Å². The van der Waals surface area contributed by atoms with Gasteiger partial charge in [0.05, 0.1) is 6.10 Å². The van der Waals surface area contributed by atoms with Gasteiger partial charge in [-0.25, -0.2) is 0 Å². The van der Waals surface area contributed by atoms with Gasteiger partial charge in [0.1, 0.15) is 0 Å². The maximum absolute atomic E-state index is 5.92. The van der Waals surface area contributed by atoms with Crippen molar-refractivity contribution >= 4 is 8.80 Å². The van der Waals surface area contributed by atoms with Gasteiger partial charge in [0.2, 0.25) is 0 Å². The molecule has 0 aromatic rings. The van der Waals surface area contributed by atoms with Gasteiger partial charge in [-0.15, -0.1) is 0 Å². The van der Waals surface area contributed by atoms with E-state index in [1.165, 1.54) is 38.5 Å². The van der Waals surface area contributed by atoms with E-state index in [2.05, 4.69) is 13.8 Å². The Kier molecular flexibility index (Phi) is 6.93. The molecule has 2 heteroatoms. The van der Waals surface area contributed by atoms with Crippen molar-refractivity contribution in [3.05, 3.63) is 0 Å². The highest BCUT2D eigenvalue weighted by molar-refractivity contribution is 6.58. The third kappa shape index (κ3) is 4.89. The van der Waals surface area contributed by atoms with Crippen molar-refractivity contribution < 1.29 is 4.74 Å². The average molecular weight is 283 g/mol. The van der Waals surface area contributed by atoms with Crippen molar-refractivity contribution in [3.63, 3.8) is 0 Å². The van der Waals surface area contributed by atoms with E-state index in [9.17, 15) is 0 Å². The Balaban J connectivity index is 1.65. The van der Waals surface area contributed by atoms with E-state index in [0.717, 1.165) is 18.4 Å². The van der Waals surface area contributed by atoms with E-state index in [4.69, 9.17) is 4.74 Å². The van der Waals surface area contributed by atoms with Crippen LogP contribution in [0.2, 0.25) is 18.1 Å². The van der Waals surface area contributed by atoms with Gasteiger partial charge in [0.15, 0.2) is 0 Å². The van der Waals surface area contributed by atoms with Crippen LogP contribution in [0.25, 0.3) is 0 Å². The molecular formula is C17H34OSi. The molecule has 1 nitrogen and oxygen atoms in total. The Bertz CT molecular complexity index is 227. The monoisotopic (exact) mass is 282 g/mol. The number of hydrogen-bond acceptors (Lipinski definition) is 1. The fraction of sp³-hybridized carbons (Fsp3) is 1.00. The second-order valence-corrected chi connectivity index (χ2v) is 10.4. The van der Waals surface area contributed by atoms with E-state index < -0.39 is 0 Å². The molecule has 1 saturated heterocycles. The van der Waals surface area contributed by atoms with Crippen LogP contribution in [0, 0.1) is 11.8 Å². The first kappa shape index (κ1) is 15.6. The summed E-state index contributed by atoms with van der Waals surface area (Å²) in [7, 11) is -0.272. The van der Waals surface area contributed by atoms with Crippen molar-refractivity contribution in [1.82, 2.24) is 0 Å². The molecule has 112 valence electrons. The van der Waals surface area contributed by atoms with Crippen molar-refractivity contribution in [2.45, 2.75) is 89.5 Å². The molecule has 0 spiro atoms. The summed E-state index contributed by atoms with van der Waals surface area (Å²) in [6, 6.07) is 4.93. The molecular weight excluding hydrogens is 248 g/mol. The lowest BCUT2D eigenvalue weighted by atomic mass is 9.76. The van der Waals surface area contributed by atoms with Gasteiger partial charge in [-0.1, -0.05) is 51.2 Å². The van der Waals surface area contributed by atoms with Crippen LogP contribution >= 0.6 is 0 Å². The van der Waals surface area contributed by atoms with E-state index in [-0.39, 0.29) is 8.80 Å². The molecule has 0 unspecified atom stereocenters. The lowest BCUT2D eigenvalue weighted by molar-refractivity contribution is 0.0105. The maximum Gasteiger partial charge on any atom is 0.0575 e. The fourth-order valence-electron chi connectivity index (χ4n) is 4.37. The Labute approximate surface area is 122 Å². The zero-order valence-electron chi connectivity index (χ0n) is 13.2. The summed E-state index contributed by atoms with van der Waals surface area (Å²) in [5.74, 6) is 2.14. The first-order valence-corrected chi connectivity index (χ1v) is 11.4. The Morgan fingerprint density at radius 2 is 1.47 bits per heavy atom. The quantitative estimate of drug-likeness (QED) is 0.622. The van der Waals surface area contributed by atoms with Crippen molar-refractivity contribution in [1.29, 1.82) is 0 Å². The zero-order chi connectivity index (χ0) is 13.5.